The molecule has 1 N–H and O–H groups in total. The van der Waals surface area contributed by atoms with Crippen molar-refractivity contribution in [2.45, 2.75) is 12.1 Å². The molecule has 0 atom stereocenters. The molecule has 1 aromatic heterocycles. The molecule has 3 rings (SSSR count). The zero-order valence-electron chi connectivity index (χ0n) is 15.0. The van der Waals surface area contributed by atoms with Crippen LogP contribution >= 0.6 is 11.8 Å². The lowest BCUT2D eigenvalue weighted by atomic mass is 10.1. The van der Waals surface area contributed by atoms with Crippen molar-refractivity contribution >= 4 is 29.1 Å². The van der Waals surface area contributed by atoms with Gasteiger partial charge in [-0.1, -0.05) is 11.8 Å². The number of carbonyl (C=O) groups excluding carboxylic acids is 2. The Morgan fingerprint density at radius 3 is 2.61 bits per heavy atom. The molecule has 10 heteroatoms. The number of anilines is 1. The van der Waals surface area contributed by atoms with Gasteiger partial charge >= 0.3 is 0 Å². The highest BCUT2D eigenvalue weighted by Crippen LogP contribution is 2.22. The zero-order chi connectivity index (χ0) is 20.1. The van der Waals surface area contributed by atoms with Crippen LogP contribution < -0.4 is 10.1 Å². The predicted octanol–water partition coefficient (Wildman–Crippen LogP) is 2.74. The number of benzene rings is 2. The van der Waals surface area contributed by atoms with Gasteiger partial charge in [-0.2, -0.15) is 4.68 Å². The summed E-state index contributed by atoms with van der Waals surface area (Å²) in [5, 5.41) is 14.3. The second-order valence-electron chi connectivity index (χ2n) is 5.66. The molecule has 0 aliphatic rings. The van der Waals surface area contributed by atoms with E-state index in [0.717, 1.165) is 17.8 Å². The fourth-order valence-electron chi connectivity index (χ4n) is 2.38. The quantitative estimate of drug-likeness (QED) is 0.480. The van der Waals surface area contributed by atoms with Crippen molar-refractivity contribution in [1.82, 2.24) is 20.2 Å². The van der Waals surface area contributed by atoms with Gasteiger partial charge in [0.25, 0.3) is 0 Å². The summed E-state index contributed by atoms with van der Waals surface area (Å²) in [7, 11) is 1.57. The van der Waals surface area contributed by atoms with E-state index in [9.17, 15) is 14.0 Å². The fraction of sp³-hybridized carbons (Fsp3) is 0.167. The molecule has 0 radical (unpaired) electrons. The Bertz CT molecular complexity index is 1010. The molecule has 1 amide bonds. The fourth-order valence-corrected chi connectivity index (χ4v) is 3.16. The van der Waals surface area contributed by atoms with E-state index in [-0.39, 0.29) is 22.9 Å². The number of nitrogens with zero attached hydrogens (tertiary/aromatic N) is 4. The number of nitrogens with one attached hydrogen (secondary N) is 1. The summed E-state index contributed by atoms with van der Waals surface area (Å²) in [4.78, 5) is 23.4. The average Bonchev–Trinajstić information content (AvgIpc) is 3.14. The van der Waals surface area contributed by atoms with Gasteiger partial charge in [-0.15, -0.1) is 5.10 Å². The highest BCUT2D eigenvalue weighted by atomic mass is 32.2. The predicted molar refractivity (Wildman–Crippen MR) is 101 cm³/mol. The van der Waals surface area contributed by atoms with Gasteiger partial charge in [0, 0.05) is 12.6 Å². The van der Waals surface area contributed by atoms with Crippen LogP contribution in [0.25, 0.3) is 5.69 Å². The van der Waals surface area contributed by atoms with Crippen LogP contribution in [0.1, 0.15) is 17.3 Å². The third kappa shape index (κ3) is 4.52. The second kappa shape index (κ2) is 8.61. The first-order valence-electron chi connectivity index (χ1n) is 8.14. The Morgan fingerprint density at radius 2 is 1.96 bits per heavy atom. The summed E-state index contributed by atoms with van der Waals surface area (Å²) in [5.41, 5.74) is 0.925. The SMILES string of the molecule is COc1ccc(-n2nnnc2SCC(=O)c2ccc(NC(C)=O)cc2F)cc1. The van der Waals surface area contributed by atoms with Crippen LogP contribution in [0.15, 0.2) is 47.6 Å². The Kier molecular flexibility index (Phi) is 5.99. The highest BCUT2D eigenvalue weighted by molar-refractivity contribution is 7.99. The van der Waals surface area contributed by atoms with Gasteiger partial charge in [-0.3, -0.25) is 9.59 Å². The lowest BCUT2D eigenvalue weighted by Crippen LogP contribution is -2.09. The van der Waals surface area contributed by atoms with E-state index in [1.165, 1.54) is 23.7 Å². The Morgan fingerprint density at radius 1 is 1.21 bits per heavy atom. The lowest BCUT2D eigenvalue weighted by Gasteiger charge is -2.07. The van der Waals surface area contributed by atoms with Gasteiger partial charge in [0.15, 0.2) is 5.78 Å². The number of ether oxygens (including phenoxy) is 1. The average molecular weight is 401 g/mol. The van der Waals surface area contributed by atoms with Gasteiger partial charge in [0.2, 0.25) is 11.1 Å². The first kappa shape index (κ1) is 19.5. The molecule has 0 unspecified atom stereocenters. The number of methoxy groups -OCH3 is 1. The highest BCUT2D eigenvalue weighted by Gasteiger charge is 2.16. The molecule has 0 bridgehead atoms. The molecule has 1 heterocycles. The number of tetrazole rings is 1. The Hall–Kier alpha value is -3.27. The molecule has 0 aliphatic heterocycles. The van der Waals surface area contributed by atoms with E-state index >= 15 is 0 Å². The smallest absolute Gasteiger partial charge is 0.221 e. The number of amides is 1. The van der Waals surface area contributed by atoms with Crippen LogP contribution in [0.4, 0.5) is 10.1 Å². The maximum absolute atomic E-state index is 14.2. The number of halogens is 1. The molecule has 0 fully saturated rings. The number of hydrogen-bond donors (Lipinski definition) is 1. The molecule has 0 saturated carbocycles. The van der Waals surface area contributed by atoms with E-state index in [4.69, 9.17) is 4.74 Å². The van der Waals surface area contributed by atoms with Gasteiger partial charge in [-0.25, -0.2) is 4.39 Å². The number of aromatic nitrogens is 4. The normalized spacial score (nSPS) is 10.5. The van der Waals surface area contributed by atoms with Crippen molar-refractivity contribution in [3.8, 4) is 11.4 Å². The van der Waals surface area contributed by atoms with E-state index in [1.807, 2.05) is 0 Å². The Labute approximate surface area is 164 Å². The number of thioether (sulfide) groups is 1. The van der Waals surface area contributed by atoms with Crippen molar-refractivity contribution in [3.63, 3.8) is 0 Å². The Balaban J connectivity index is 1.70. The third-order valence-corrected chi connectivity index (χ3v) is 4.60. The van der Waals surface area contributed by atoms with E-state index in [0.29, 0.717) is 16.6 Å². The number of ketones is 1. The van der Waals surface area contributed by atoms with Gasteiger partial charge in [0.05, 0.1) is 24.1 Å². The topological polar surface area (TPSA) is 99.0 Å². The number of carbonyl (C=O) groups is 2. The van der Waals surface area contributed by atoms with Crippen LogP contribution in [0.5, 0.6) is 5.75 Å². The minimum Gasteiger partial charge on any atom is -0.497 e. The maximum Gasteiger partial charge on any atom is 0.221 e. The van der Waals surface area contributed by atoms with E-state index < -0.39 is 11.6 Å². The minimum atomic E-state index is -0.702. The summed E-state index contributed by atoms with van der Waals surface area (Å²) in [6, 6.07) is 11.0. The monoisotopic (exact) mass is 401 g/mol. The largest absolute Gasteiger partial charge is 0.497 e. The van der Waals surface area contributed by atoms with Gasteiger partial charge < -0.3 is 10.1 Å². The molecule has 2 aromatic carbocycles. The maximum atomic E-state index is 14.2. The van der Waals surface area contributed by atoms with Crippen molar-refractivity contribution < 1.29 is 18.7 Å². The number of rotatable bonds is 7. The van der Waals surface area contributed by atoms with Gasteiger partial charge in [-0.05, 0) is 52.9 Å². The molecule has 0 spiro atoms. The van der Waals surface area contributed by atoms with Crippen molar-refractivity contribution in [2.75, 3.05) is 18.2 Å². The van der Waals surface area contributed by atoms with Crippen LogP contribution in [0, 0.1) is 5.82 Å². The van der Waals surface area contributed by atoms with Crippen molar-refractivity contribution in [2.24, 2.45) is 0 Å². The summed E-state index contributed by atoms with van der Waals surface area (Å²) < 4.78 is 20.8. The van der Waals surface area contributed by atoms with Crippen molar-refractivity contribution in [3.05, 3.63) is 53.8 Å². The van der Waals surface area contributed by atoms with E-state index in [1.54, 1.807) is 31.4 Å². The minimum absolute atomic E-state index is 0.0487. The molecular weight excluding hydrogens is 385 g/mol. The van der Waals surface area contributed by atoms with Crippen molar-refractivity contribution in [1.29, 1.82) is 0 Å². The molecule has 144 valence electrons. The van der Waals surface area contributed by atoms with Crippen LogP contribution in [-0.4, -0.2) is 44.8 Å². The molecule has 28 heavy (non-hydrogen) atoms. The molecule has 3 aromatic rings. The summed E-state index contributed by atoms with van der Waals surface area (Å²) in [5.74, 6) is -0.793. The lowest BCUT2D eigenvalue weighted by molar-refractivity contribution is -0.114. The van der Waals surface area contributed by atoms with Crippen LogP contribution in [0.2, 0.25) is 0 Å². The summed E-state index contributed by atoms with van der Waals surface area (Å²) in [6.45, 7) is 1.32. The molecule has 8 nitrogen and oxygen atoms in total. The zero-order valence-corrected chi connectivity index (χ0v) is 15.9. The first-order valence-corrected chi connectivity index (χ1v) is 9.12. The number of Topliss-reactive ketones (excluding diaryl/α,β-unsaturated/α-hetero) is 1. The third-order valence-electron chi connectivity index (χ3n) is 3.68. The molecule has 0 aliphatic carbocycles. The molecular formula is C18H16FN5O3S. The standard InChI is InChI=1S/C18H16FN5O3S/c1-11(25)20-12-3-8-15(16(19)9-12)17(26)10-28-18-21-22-23-24(18)13-4-6-14(27-2)7-5-13/h3-9H,10H2,1-2H3,(H,20,25). The van der Waals surface area contributed by atoms with Crippen LogP contribution in [-0.2, 0) is 4.79 Å². The van der Waals surface area contributed by atoms with E-state index in [2.05, 4.69) is 20.8 Å². The van der Waals surface area contributed by atoms with Gasteiger partial charge in [0.1, 0.15) is 11.6 Å². The second-order valence-corrected chi connectivity index (χ2v) is 6.60. The first-order chi connectivity index (χ1) is 13.5. The summed E-state index contributed by atoms with van der Waals surface area (Å²) >= 11 is 1.09. The molecule has 0 saturated heterocycles. The summed E-state index contributed by atoms with van der Waals surface area (Å²) in [6.07, 6.45) is 0. The number of hydrogen-bond acceptors (Lipinski definition) is 7. The van der Waals surface area contributed by atoms with Crippen LogP contribution in [0.3, 0.4) is 0 Å².